The number of aryl methyl sites for hydroxylation is 1. The molecule has 0 saturated carbocycles. The number of benzene rings is 1. The van der Waals surface area contributed by atoms with Crippen molar-refractivity contribution >= 4 is 29.2 Å². The second-order valence-electron chi connectivity index (χ2n) is 8.16. The molecule has 31 heavy (non-hydrogen) atoms. The van der Waals surface area contributed by atoms with Crippen LogP contribution in [0.1, 0.15) is 32.2 Å². The van der Waals surface area contributed by atoms with Crippen molar-refractivity contribution in [2.24, 2.45) is 0 Å². The van der Waals surface area contributed by atoms with Crippen LogP contribution in [0.15, 0.2) is 54.7 Å². The molecule has 2 aromatic heterocycles. The number of hydrogen-bond acceptors (Lipinski definition) is 6. The summed E-state index contributed by atoms with van der Waals surface area (Å²) >= 11 is 0. The lowest BCUT2D eigenvalue weighted by molar-refractivity contribution is 0.252. The number of nitrogens with one attached hydrogen (secondary N) is 4. The van der Waals surface area contributed by atoms with Gasteiger partial charge < -0.3 is 21.3 Å². The lowest BCUT2D eigenvalue weighted by Gasteiger charge is -2.19. The molecule has 0 atom stereocenters. The zero-order valence-electron chi connectivity index (χ0n) is 18.4. The molecule has 0 aliphatic heterocycles. The van der Waals surface area contributed by atoms with Crippen LogP contribution < -0.4 is 21.3 Å². The van der Waals surface area contributed by atoms with Crippen LogP contribution in [0.25, 0.3) is 0 Å². The fraction of sp³-hybridized carbons (Fsp3) is 0.304. The molecule has 3 rings (SSSR count). The van der Waals surface area contributed by atoms with Gasteiger partial charge >= 0.3 is 6.03 Å². The fourth-order valence-electron chi connectivity index (χ4n) is 2.89. The minimum absolute atomic E-state index is 0.0821. The zero-order valence-corrected chi connectivity index (χ0v) is 18.4. The molecule has 0 saturated heterocycles. The third-order valence-corrected chi connectivity index (χ3v) is 4.48. The number of carbonyl (C=O) groups excluding carboxylic acids is 1. The number of rotatable bonds is 7. The van der Waals surface area contributed by atoms with Crippen LogP contribution >= 0.6 is 0 Å². The number of aromatic nitrogens is 3. The van der Waals surface area contributed by atoms with Crippen molar-refractivity contribution < 1.29 is 4.79 Å². The van der Waals surface area contributed by atoms with Crippen LogP contribution in [-0.4, -0.2) is 34.1 Å². The Morgan fingerprint density at radius 2 is 1.68 bits per heavy atom. The molecule has 0 bridgehead atoms. The Bertz CT molecular complexity index is 999. The second-order valence-corrected chi connectivity index (χ2v) is 8.16. The Morgan fingerprint density at radius 3 is 2.35 bits per heavy atom. The number of hydrogen-bond donors (Lipinski definition) is 4. The first-order valence-corrected chi connectivity index (χ1v) is 10.2. The van der Waals surface area contributed by atoms with Gasteiger partial charge in [-0.1, -0.05) is 39.0 Å². The topological polar surface area (TPSA) is 104 Å². The predicted octanol–water partition coefficient (Wildman–Crippen LogP) is 4.45. The summed E-state index contributed by atoms with van der Waals surface area (Å²) in [5.74, 6) is 2.66. The van der Waals surface area contributed by atoms with E-state index in [0.29, 0.717) is 36.4 Å². The maximum Gasteiger partial charge on any atom is 0.319 e. The van der Waals surface area contributed by atoms with Gasteiger partial charge in [-0.2, -0.15) is 0 Å². The highest BCUT2D eigenvalue weighted by Gasteiger charge is 2.13. The number of urea groups is 1. The third-order valence-electron chi connectivity index (χ3n) is 4.48. The molecule has 2 heterocycles. The molecule has 162 valence electrons. The first-order valence-electron chi connectivity index (χ1n) is 10.2. The summed E-state index contributed by atoms with van der Waals surface area (Å²) < 4.78 is 0. The molecule has 0 unspecified atom stereocenters. The average Bonchev–Trinajstić information content (AvgIpc) is 2.71. The van der Waals surface area contributed by atoms with Gasteiger partial charge in [-0.15, -0.1) is 0 Å². The summed E-state index contributed by atoms with van der Waals surface area (Å²) in [7, 11) is 0. The van der Waals surface area contributed by atoms with Crippen molar-refractivity contribution in [3.63, 3.8) is 0 Å². The highest BCUT2D eigenvalue weighted by molar-refractivity contribution is 5.89. The quantitative estimate of drug-likeness (QED) is 0.422. The van der Waals surface area contributed by atoms with Gasteiger partial charge in [0.15, 0.2) is 0 Å². The minimum Gasteiger partial charge on any atom is -0.368 e. The van der Waals surface area contributed by atoms with E-state index in [2.05, 4.69) is 57.0 Å². The van der Waals surface area contributed by atoms with Crippen molar-refractivity contribution in [3.8, 4) is 0 Å². The Balaban J connectivity index is 1.45. The standard InChI is InChI=1S/C23H29N7O/c1-16-27-20(15-21(28-16)30-19-7-5-6-12-24-19)25-13-14-26-22(31)29-18-10-8-17(9-11-18)23(2,3)4/h5-12,15H,13-14H2,1-4H3,(H2,26,29,31)(H2,24,25,27,28,30). The Kier molecular flexibility index (Phi) is 7.02. The zero-order chi connectivity index (χ0) is 22.3. The molecule has 0 radical (unpaired) electrons. The molecular formula is C23H29N7O. The molecule has 8 heteroatoms. The summed E-state index contributed by atoms with van der Waals surface area (Å²) in [6.45, 7) is 9.27. The molecular weight excluding hydrogens is 390 g/mol. The molecule has 3 aromatic rings. The number of carbonyl (C=O) groups is 1. The van der Waals surface area contributed by atoms with Crippen molar-refractivity contribution in [3.05, 3.63) is 66.1 Å². The van der Waals surface area contributed by atoms with Crippen LogP contribution in [-0.2, 0) is 5.41 Å². The summed E-state index contributed by atoms with van der Waals surface area (Å²) in [5.41, 5.74) is 2.06. The van der Waals surface area contributed by atoms with E-state index in [-0.39, 0.29) is 11.4 Å². The van der Waals surface area contributed by atoms with Gasteiger partial charge in [0.1, 0.15) is 23.3 Å². The molecule has 4 N–H and O–H groups in total. The monoisotopic (exact) mass is 419 g/mol. The van der Waals surface area contributed by atoms with Crippen LogP contribution in [0.5, 0.6) is 0 Å². The Hall–Kier alpha value is -3.68. The molecule has 2 amide bonds. The van der Waals surface area contributed by atoms with Crippen LogP contribution in [0.2, 0.25) is 0 Å². The van der Waals surface area contributed by atoms with Gasteiger partial charge in [0, 0.05) is 31.0 Å². The summed E-state index contributed by atoms with van der Waals surface area (Å²) in [6, 6.07) is 15.1. The highest BCUT2D eigenvalue weighted by Crippen LogP contribution is 2.23. The van der Waals surface area contributed by atoms with E-state index in [1.54, 1.807) is 12.3 Å². The molecule has 0 spiro atoms. The first-order chi connectivity index (χ1) is 14.8. The summed E-state index contributed by atoms with van der Waals surface area (Å²) in [5, 5.41) is 12.0. The van der Waals surface area contributed by atoms with Crippen LogP contribution in [0.3, 0.4) is 0 Å². The van der Waals surface area contributed by atoms with Crippen LogP contribution in [0, 0.1) is 6.92 Å². The normalized spacial score (nSPS) is 11.0. The molecule has 0 fully saturated rings. The van der Waals surface area contributed by atoms with Crippen molar-refractivity contribution in [1.29, 1.82) is 0 Å². The largest absolute Gasteiger partial charge is 0.368 e. The van der Waals surface area contributed by atoms with Gasteiger partial charge in [0.2, 0.25) is 0 Å². The summed E-state index contributed by atoms with van der Waals surface area (Å²) in [4.78, 5) is 25.1. The van der Waals surface area contributed by atoms with Crippen molar-refractivity contribution in [1.82, 2.24) is 20.3 Å². The predicted molar refractivity (Wildman–Crippen MR) is 125 cm³/mol. The van der Waals surface area contributed by atoms with E-state index < -0.39 is 0 Å². The Morgan fingerprint density at radius 1 is 0.935 bits per heavy atom. The van der Waals surface area contributed by atoms with Gasteiger partial charge in [-0.05, 0) is 42.2 Å². The number of anilines is 4. The minimum atomic E-state index is -0.248. The Labute approximate surface area is 182 Å². The SMILES string of the molecule is Cc1nc(NCCNC(=O)Nc2ccc(C(C)(C)C)cc2)cc(Nc2ccccn2)n1. The number of nitrogens with zero attached hydrogens (tertiary/aromatic N) is 3. The average molecular weight is 420 g/mol. The lowest BCUT2D eigenvalue weighted by atomic mass is 9.87. The fourth-order valence-corrected chi connectivity index (χ4v) is 2.89. The molecule has 0 aliphatic rings. The maximum atomic E-state index is 12.1. The first kappa shape index (κ1) is 22.0. The molecule has 1 aromatic carbocycles. The van der Waals surface area contributed by atoms with Gasteiger partial charge in [0.05, 0.1) is 0 Å². The third kappa shape index (κ3) is 6.95. The maximum absolute atomic E-state index is 12.1. The van der Waals surface area contributed by atoms with E-state index in [4.69, 9.17) is 0 Å². The van der Waals surface area contributed by atoms with E-state index in [1.807, 2.05) is 49.4 Å². The number of amides is 2. The van der Waals surface area contributed by atoms with Crippen LogP contribution in [0.4, 0.5) is 27.9 Å². The number of pyridine rings is 1. The summed E-state index contributed by atoms with van der Waals surface area (Å²) in [6.07, 6.45) is 1.71. The smallest absolute Gasteiger partial charge is 0.319 e. The van der Waals surface area contributed by atoms with Gasteiger partial charge in [0.25, 0.3) is 0 Å². The van der Waals surface area contributed by atoms with Crippen molar-refractivity contribution in [2.75, 3.05) is 29.0 Å². The second kappa shape index (κ2) is 9.88. The molecule has 0 aliphatic carbocycles. The molecule has 8 nitrogen and oxygen atoms in total. The van der Waals surface area contributed by atoms with Gasteiger partial charge in [-0.25, -0.2) is 19.7 Å². The van der Waals surface area contributed by atoms with E-state index in [0.717, 1.165) is 5.69 Å². The van der Waals surface area contributed by atoms with Gasteiger partial charge in [-0.3, -0.25) is 0 Å². The van der Waals surface area contributed by atoms with E-state index in [9.17, 15) is 4.79 Å². The van der Waals surface area contributed by atoms with E-state index in [1.165, 1.54) is 5.56 Å². The lowest BCUT2D eigenvalue weighted by Crippen LogP contribution is -2.32. The van der Waals surface area contributed by atoms with Crippen molar-refractivity contribution in [2.45, 2.75) is 33.1 Å². The van der Waals surface area contributed by atoms with E-state index >= 15 is 0 Å². The highest BCUT2D eigenvalue weighted by atomic mass is 16.2.